The molecule has 3 aromatic rings. The van der Waals surface area contributed by atoms with Gasteiger partial charge < -0.3 is 9.64 Å². The third-order valence-electron chi connectivity index (χ3n) is 8.09. The molecular formula is C30H37N3O3S2. The van der Waals surface area contributed by atoms with Crippen LogP contribution in [0.2, 0.25) is 0 Å². The zero-order valence-corrected chi connectivity index (χ0v) is 23.6. The molecule has 0 radical (unpaired) electrons. The average molecular weight is 552 g/mol. The minimum absolute atomic E-state index is 0.328. The molecule has 0 aliphatic carbocycles. The molecule has 0 bridgehead atoms. The normalized spacial score (nSPS) is 20.7. The van der Waals surface area contributed by atoms with Crippen LogP contribution >= 0.6 is 11.8 Å². The Morgan fingerprint density at radius 1 is 0.895 bits per heavy atom. The molecule has 6 nitrogen and oxygen atoms in total. The molecule has 3 aliphatic rings. The van der Waals surface area contributed by atoms with E-state index in [0.717, 1.165) is 45.8 Å². The third kappa shape index (κ3) is 5.55. The van der Waals surface area contributed by atoms with E-state index in [4.69, 9.17) is 4.74 Å². The molecule has 38 heavy (non-hydrogen) atoms. The van der Waals surface area contributed by atoms with Crippen LogP contribution in [0.3, 0.4) is 0 Å². The summed E-state index contributed by atoms with van der Waals surface area (Å²) in [5.41, 5.74) is 0.720. The van der Waals surface area contributed by atoms with Crippen LogP contribution in [-0.2, 0) is 10.0 Å². The summed E-state index contributed by atoms with van der Waals surface area (Å²) in [6, 6.07) is 19.8. The molecule has 0 N–H and O–H groups in total. The van der Waals surface area contributed by atoms with Crippen molar-refractivity contribution in [3.8, 4) is 5.75 Å². The quantitative estimate of drug-likeness (QED) is 0.329. The predicted molar refractivity (Wildman–Crippen MR) is 156 cm³/mol. The molecule has 0 amide bonds. The number of hydrogen-bond donors (Lipinski definition) is 0. The van der Waals surface area contributed by atoms with Crippen LogP contribution in [0.1, 0.15) is 32.1 Å². The Morgan fingerprint density at radius 2 is 1.74 bits per heavy atom. The molecule has 3 aromatic carbocycles. The van der Waals surface area contributed by atoms with Crippen molar-refractivity contribution in [1.82, 2.24) is 9.80 Å². The molecule has 8 heteroatoms. The first-order valence-electron chi connectivity index (χ1n) is 14.0. The van der Waals surface area contributed by atoms with E-state index in [0.29, 0.717) is 24.1 Å². The maximum Gasteiger partial charge on any atom is 0.264 e. The Balaban J connectivity index is 1.11. The molecule has 0 spiro atoms. The second kappa shape index (κ2) is 11.5. The number of likely N-dealkylation sites (tertiary alicyclic amines) is 2. The summed E-state index contributed by atoms with van der Waals surface area (Å²) < 4.78 is 35.2. The van der Waals surface area contributed by atoms with E-state index in [1.807, 2.05) is 48.5 Å². The van der Waals surface area contributed by atoms with Gasteiger partial charge in [0.1, 0.15) is 5.75 Å². The molecular weight excluding hydrogens is 514 g/mol. The lowest BCUT2D eigenvalue weighted by Crippen LogP contribution is -2.40. The Kier molecular flexibility index (Phi) is 7.84. The molecule has 0 aromatic heterocycles. The van der Waals surface area contributed by atoms with Gasteiger partial charge in [-0.05, 0) is 86.8 Å². The van der Waals surface area contributed by atoms with Gasteiger partial charge in [0.05, 0.1) is 17.2 Å². The highest BCUT2D eigenvalue weighted by molar-refractivity contribution is 8.00. The summed E-state index contributed by atoms with van der Waals surface area (Å²) in [4.78, 5) is 6.58. The molecule has 1 unspecified atom stereocenters. The van der Waals surface area contributed by atoms with E-state index >= 15 is 0 Å². The molecule has 2 fully saturated rings. The van der Waals surface area contributed by atoms with Crippen molar-refractivity contribution < 1.29 is 13.2 Å². The molecule has 1 atom stereocenters. The lowest BCUT2D eigenvalue weighted by atomic mass is 10.1. The van der Waals surface area contributed by atoms with Gasteiger partial charge >= 0.3 is 0 Å². The zero-order valence-electron chi connectivity index (χ0n) is 21.9. The van der Waals surface area contributed by atoms with E-state index in [9.17, 15) is 8.42 Å². The van der Waals surface area contributed by atoms with E-state index in [-0.39, 0.29) is 0 Å². The fourth-order valence-corrected chi connectivity index (χ4v) is 8.75. The highest BCUT2D eigenvalue weighted by Gasteiger charge is 2.30. The van der Waals surface area contributed by atoms with E-state index in [1.54, 1.807) is 28.2 Å². The van der Waals surface area contributed by atoms with Crippen molar-refractivity contribution in [3.63, 3.8) is 0 Å². The molecule has 202 valence electrons. The number of fused-ring (bicyclic) bond motifs is 2. The number of rotatable bonds is 9. The van der Waals surface area contributed by atoms with E-state index in [2.05, 4.69) is 9.80 Å². The van der Waals surface area contributed by atoms with E-state index in [1.165, 1.54) is 51.9 Å². The monoisotopic (exact) mass is 551 g/mol. The first-order valence-corrected chi connectivity index (χ1v) is 16.4. The van der Waals surface area contributed by atoms with Crippen molar-refractivity contribution in [2.45, 2.75) is 47.9 Å². The molecule has 3 aliphatic heterocycles. The summed E-state index contributed by atoms with van der Waals surface area (Å²) in [7, 11) is -3.68. The van der Waals surface area contributed by atoms with Crippen LogP contribution in [0.15, 0.2) is 70.5 Å². The summed E-state index contributed by atoms with van der Waals surface area (Å²) in [6.07, 6.45) is 6.27. The van der Waals surface area contributed by atoms with Crippen LogP contribution in [0.25, 0.3) is 10.8 Å². The largest absolute Gasteiger partial charge is 0.493 e. The van der Waals surface area contributed by atoms with Crippen LogP contribution in [0.5, 0.6) is 5.75 Å². The Hall–Kier alpha value is -2.26. The zero-order chi connectivity index (χ0) is 26.0. The number of thioether (sulfide) groups is 1. The van der Waals surface area contributed by atoms with Crippen LogP contribution in [0, 0.1) is 0 Å². The van der Waals surface area contributed by atoms with Crippen molar-refractivity contribution in [2.24, 2.45) is 0 Å². The van der Waals surface area contributed by atoms with Gasteiger partial charge in [-0.25, -0.2) is 8.42 Å². The van der Waals surface area contributed by atoms with Gasteiger partial charge in [-0.2, -0.15) is 0 Å². The Labute approximate surface area is 231 Å². The number of hydrogen-bond acceptors (Lipinski definition) is 6. The Morgan fingerprint density at radius 3 is 2.61 bits per heavy atom. The SMILES string of the molecule is O=S(=O)(c1ccc2ccccc2c1)N1CCSc2ccc(OCCCN3CCCC3CN3CCCC3)cc21. The van der Waals surface area contributed by atoms with Crippen LogP contribution < -0.4 is 9.04 Å². The first-order chi connectivity index (χ1) is 18.6. The second-order valence-electron chi connectivity index (χ2n) is 10.6. The van der Waals surface area contributed by atoms with Crippen LogP contribution in [-0.4, -0.2) is 75.9 Å². The standard InChI is InChI=1S/C30H37N3O3S2/c34-38(35,28-12-10-24-7-1-2-8-25(24)21-28)33-18-20-37-30-13-11-27(22-29(30)33)36-19-6-17-32-16-5-9-26(32)23-31-14-3-4-15-31/h1-2,7-8,10-13,21-22,26H,3-6,9,14-20,23H2. The fraction of sp³-hybridized carbons (Fsp3) is 0.467. The molecule has 2 saturated heterocycles. The van der Waals surface area contributed by atoms with Gasteiger partial charge in [-0.15, -0.1) is 11.8 Å². The van der Waals surface area contributed by atoms with Gasteiger partial charge in [0.15, 0.2) is 0 Å². The summed E-state index contributed by atoms with van der Waals surface area (Å²) in [5.74, 6) is 1.47. The third-order valence-corrected chi connectivity index (χ3v) is 10.9. The number of anilines is 1. The maximum absolute atomic E-state index is 13.7. The first kappa shape index (κ1) is 26.0. The van der Waals surface area contributed by atoms with Crippen molar-refractivity contribution in [1.29, 1.82) is 0 Å². The topological polar surface area (TPSA) is 53.1 Å². The van der Waals surface area contributed by atoms with Gasteiger partial charge in [0, 0.05) is 42.4 Å². The number of nitrogens with zero attached hydrogens (tertiary/aromatic N) is 3. The summed E-state index contributed by atoms with van der Waals surface area (Å²) in [5, 5.41) is 1.96. The fourth-order valence-electron chi connectivity index (χ4n) is 6.08. The summed E-state index contributed by atoms with van der Waals surface area (Å²) in [6.45, 7) is 7.07. The van der Waals surface area contributed by atoms with Crippen LogP contribution in [0.4, 0.5) is 5.69 Å². The van der Waals surface area contributed by atoms with Crippen molar-refractivity contribution >= 4 is 38.2 Å². The molecule has 3 heterocycles. The predicted octanol–water partition coefficient (Wildman–Crippen LogP) is 5.47. The van der Waals surface area contributed by atoms with Gasteiger partial charge in [0.25, 0.3) is 10.0 Å². The minimum Gasteiger partial charge on any atom is -0.493 e. The van der Waals surface area contributed by atoms with Gasteiger partial charge in [0.2, 0.25) is 0 Å². The summed E-state index contributed by atoms with van der Waals surface area (Å²) >= 11 is 1.70. The number of ether oxygens (including phenoxy) is 1. The highest BCUT2D eigenvalue weighted by Crippen LogP contribution is 2.40. The lowest BCUT2D eigenvalue weighted by molar-refractivity contribution is 0.178. The lowest BCUT2D eigenvalue weighted by Gasteiger charge is -2.30. The second-order valence-corrected chi connectivity index (χ2v) is 13.6. The van der Waals surface area contributed by atoms with Gasteiger partial charge in [-0.1, -0.05) is 30.3 Å². The van der Waals surface area contributed by atoms with Gasteiger partial charge in [-0.3, -0.25) is 9.21 Å². The molecule has 0 saturated carbocycles. The minimum atomic E-state index is -3.68. The smallest absolute Gasteiger partial charge is 0.264 e. The average Bonchev–Trinajstić information content (AvgIpc) is 3.63. The maximum atomic E-state index is 13.7. The van der Waals surface area contributed by atoms with Crippen molar-refractivity contribution in [3.05, 3.63) is 60.7 Å². The number of benzene rings is 3. The highest BCUT2D eigenvalue weighted by atomic mass is 32.2. The van der Waals surface area contributed by atoms with Crippen molar-refractivity contribution in [2.75, 3.05) is 55.9 Å². The Bertz CT molecular complexity index is 1370. The number of sulfonamides is 1. The molecule has 6 rings (SSSR count). The van der Waals surface area contributed by atoms with E-state index < -0.39 is 10.0 Å².